The molecular formula is C25H22N+. The van der Waals surface area contributed by atoms with E-state index in [-0.39, 0.29) is 0 Å². The number of hydrogen-bond donors (Lipinski definition) is 0. The van der Waals surface area contributed by atoms with E-state index >= 15 is 0 Å². The monoisotopic (exact) mass is 336 g/mol. The Morgan fingerprint density at radius 3 is 2.38 bits per heavy atom. The van der Waals surface area contributed by atoms with Crippen molar-refractivity contribution in [1.29, 1.82) is 0 Å². The largest absolute Gasteiger partial charge is 0.225 e. The molecule has 3 aromatic carbocycles. The summed E-state index contributed by atoms with van der Waals surface area (Å²) in [6.45, 7) is 4.18. The lowest BCUT2D eigenvalue weighted by molar-refractivity contribution is 0.916. The van der Waals surface area contributed by atoms with Gasteiger partial charge in [-0.25, -0.2) is 0 Å². The van der Waals surface area contributed by atoms with Crippen molar-refractivity contribution in [2.75, 3.05) is 0 Å². The lowest BCUT2D eigenvalue weighted by Gasteiger charge is -2.12. The number of hydrogen-bond acceptors (Lipinski definition) is 0. The molecule has 0 saturated carbocycles. The van der Waals surface area contributed by atoms with Crippen LogP contribution in [-0.4, -0.2) is 0 Å². The smallest absolute Gasteiger partial charge is 0.152 e. The topological polar surface area (TPSA) is 3.01 Å². The third kappa shape index (κ3) is 2.93. The van der Waals surface area contributed by atoms with Crippen LogP contribution in [0.15, 0.2) is 97.1 Å². The van der Waals surface area contributed by atoms with Crippen molar-refractivity contribution in [2.45, 2.75) is 13.8 Å². The molecule has 1 aliphatic heterocycles. The zero-order valence-corrected chi connectivity index (χ0v) is 15.2. The highest BCUT2D eigenvalue weighted by Gasteiger charge is 2.26. The van der Waals surface area contributed by atoms with Gasteiger partial charge in [-0.2, -0.15) is 4.58 Å². The molecule has 0 saturated heterocycles. The van der Waals surface area contributed by atoms with Crippen LogP contribution in [0.1, 0.15) is 12.5 Å². The van der Waals surface area contributed by atoms with Crippen molar-refractivity contribution in [2.24, 2.45) is 0 Å². The quantitative estimate of drug-likeness (QED) is 0.478. The van der Waals surface area contributed by atoms with Crippen molar-refractivity contribution in [3.63, 3.8) is 0 Å². The second kappa shape index (κ2) is 6.97. The summed E-state index contributed by atoms with van der Waals surface area (Å²) in [5.74, 6) is 0. The van der Waals surface area contributed by atoms with E-state index in [1.165, 1.54) is 38.7 Å². The minimum atomic E-state index is 1.20. The lowest BCUT2D eigenvalue weighted by Crippen LogP contribution is -2.48. The molecular weight excluding hydrogens is 314 g/mol. The Morgan fingerprint density at radius 2 is 1.58 bits per heavy atom. The molecule has 0 aromatic heterocycles. The normalized spacial score (nSPS) is 13.3. The summed E-state index contributed by atoms with van der Waals surface area (Å²) in [6.07, 6.45) is 8.41. The van der Waals surface area contributed by atoms with Crippen LogP contribution in [0.2, 0.25) is 0 Å². The molecule has 1 aliphatic rings. The van der Waals surface area contributed by atoms with Crippen molar-refractivity contribution in [1.82, 2.24) is 4.58 Å². The number of allylic oxidation sites excluding steroid dienone is 3. The maximum atomic E-state index is 2.33. The van der Waals surface area contributed by atoms with E-state index in [9.17, 15) is 0 Å². The molecule has 1 heterocycles. The molecule has 126 valence electrons. The molecule has 0 amide bonds. The lowest BCUT2D eigenvalue weighted by atomic mass is 10.0. The van der Waals surface area contributed by atoms with E-state index in [0.717, 1.165) is 0 Å². The van der Waals surface area contributed by atoms with E-state index in [1.54, 1.807) is 0 Å². The van der Waals surface area contributed by atoms with E-state index in [1.807, 2.05) is 13.0 Å². The van der Waals surface area contributed by atoms with Crippen LogP contribution in [-0.2, 0) is 0 Å². The number of fused-ring (bicyclic) bond motifs is 1. The van der Waals surface area contributed by atoms with E-state index in [4.69, 9.17) is 0 Å². The Bertz CT molecular complexity index is 1130. The summed E-state index contributed by atoms with van der Waals surface area (Å²) < 4.78 is 2.33. The van der Waals surface area contributed by atoms with Crippen LogP contribution in [0.25, 0.3) is 16.8 Å². The minimum Gasteiger partial charge on any atom is -0.152 e. The Balaban J connectivity index is 1.85. The standard InChI is InChI=1S/C25H22N/c1-3-4-6-14-24-23-17-19(2)15-16-25(23)26(24)22-13-9-12-21(18-22)20-10-7-5-8-11-20/h3-18H,1-2H3/q+1/b4-3-,14-6-. The zero-order chi connectivity index (χ0) is 17.9. The van der Waals surface area contributed by atoms with Crippen molar-refractivity contribution in [3.8, 4) is 11.1 Å². The molecule has 0 fully saturated rings. The first kappa shape index (κ1) is 16.3. The highest BCUT2D eigenvalue weighted by molar-refractivity contribution is 5.73. The van der Waals surface area contributed by atoms with Gasteiger partial charge in [-0.1, -0.05) is 66.8 Å². The molecule has 0 radical (unpaired) electrons. The number of aryl methyl sites for hydroxylation is 1. The molecule has 0 aliphatic carbocycles. The molecule has 1 heteroatoms. The Labute approximate surface area is 154 Å². The van der Waals surface area contributed by atoms with Crippen LogP contribution >= 0.6 is 0 Å². The van der Waals surface area contributed by atoms with Gasteiger partial charge >= 0.3 is 0 Å². The average Bonchev–Trinajstić information content (AvgIpc) is 2.68. The Morgan fingerprint density at radius 1 is 0.769 bits per heavy atom. The fourth-order valence-electron chi connectivity index (χ4n) is 3.40. The number of nitrogens with zero attached hydrogens (tertiary/aromatic N) is 1. The van der Waals surface area contributed by atoms with Gasteiger partial charge in [-0.15, -0.1) is 0 Å². The first-order valence-corrected chi connectivity index (χ1v) is 9.01. The second-order valence-corrected chi connectivity index (χ2v) is 6.54. The van der Waals surface area contributed by atoms with Gasteiger partial charge in [0.1, 0.15) is 5.22 Å². The molecule has 0 atom stereocenters. The first-order chi connectivity index (χ1) is 12.8. The van der Waals surface area contributed by atoms with Gasteiger partial charge in [-0.3, -0.25) is 0 Å². The number of rotatable bonds is 4. The maximum Gasteiger partial charge on any atom is 0.225 e. The summed E-state index contributed by atoms with van der Waals surface area (Å²) in [7, 11) is 0. The van der Waals surface area contributed by atoms with E-state index in [2.05, 4.69) is 103 Å². The minimum absolute atomic E-state index is 1.20. The highest BCUT2D eigenvalue weighted by Crippen LogP contribution is 2.25. The summed E-state index contributed by atoms with van der Waals surface area (Å²) in [5.41, 5.74) is 6.21. The van der Waals surface area contributed by atoms with Gasteiger partial charge in [0, 0.05) is 24.3 Å². The molecule has 3 aromatic rings. The van der Waals surface area contributed by atoms with Crippen molar-refractivity contribution < 1.29 is 0 Å². The molecule has 0 bridgehead atoms. The molecule has 0 N–H and O–H groups in total. The molecule has 0 unspecified atom stereocenters. The van der Waals surface area contributed by atoms with Crippen LogP contribution in [0.3, 0.4) is 0 Å². The molecule has 1 nitrogen and oxygen atoms in total. The SMILES string of the molecule is C/C=C\C=C/C1=c2cc(C)ccc2=[N+]1c1cccc(-c2ccccc2)c1. The van der Waals surface area contributed by atoms with E-state index < -0.39 is 0 Å². The first-order valence-electron chi connectivity index (χ1n) is 9.01. The highest BCUT2D eigenvalue weighted by atomic mass is 15.0. The summed E-state index contributed by atoms with van der Waals surface area (Å²) in [5, 5.41) is 2.58. The van der Waals surface area contributed by atoms with Gasteiger partial charge in [0.15, 0.2) is 0 Å². The fraction of sp³-hybridized carbons (Fsp3) is 0.0800. The van der Waals surface area contributed by atoms with Crippen LogP contribution < -0.4 is 15.2 Å². The molecule has 26 heavy (non-hydrogen) atoms. The molecule has 0 spiro atoms. The number of benzene rings is 3. The fourth-order valence-corrected chi connectivity index (χ4v) is 3.40. The van der Waals surface area contributed by atoms with Gasteiger partial charge in [0.05, 0.1) is 0 Å². The van der Waals surface area contributed by atoms with Crippen LogP contribution in [0, 0.1) is 6.92 Å². The third-order valence-corrected chi connectivity index (χ3v) is 4.68. The average molecular weight is 336 g/mol. The van der Waals surface area contributed by atoms with Gasteiger partial charge in [0.25, 0.3) is 0 Å². The van der Waals surface area contributed by atoms with Gasteiger partial charge < -0.3 is 0 Å². The second-order valence-electron chi connectivity index (χ2n) is 6.54. The van der Waals surface area contributed by atoms with Crippen LogP contribution in [0.4, 0.5) is 5.69 Å². The van der Waals surface area contributed by atoms with E-state index in [0.29, 0.717) is 0 Å². The predicted molar refractivity (Wildman–Crippen MR) is 111 cm³/mol. The van der Waals surface area contributed by atoms with Crippen molar-refractivity contribution in [3.05, 3.63) is 113 Å². The zero-order valence-electron chi connectivity index (χ0n) is 15.2. The summed E-state index contributed by atoms with van der Waals surface area (Å²) in [6, 6.07) is 25.9. The predicted octanol–water partition coefficient (Wildman–Crippen LogP) is 4.74. The van der Waals surface area contributed by atoms with Gasteiger partial charge in [-0.05, 0) is 36.6 Å². The van der Waals surface area contributed by atoms with Crippen molar-refractivity contribution >= 4 is 11.4 Å². The molecule has 4 rings (SSSR count). The Hall–Kier alpha value is -3.19. The summed E-state index contributed by atoms with van der Waals surface area (Å²) in [4.78, 5) is 0. The third-order valence-electron chi connectivity index (χ3n) is 4.68. The van der Waals surface area contributed by atoms with Crippen LogP contribution in [0.5, 0.6) is 0 Å². The summed E-state index contributed by atoms with van der Waals surface area (Å²) >= 11 is 0. The van der Waals surface area contributed by atoms with Gasteiger partial charge in [0.2, 0.25) is 16.7 Å². The maximum absolute atomic E-state index is 2.33. The Kier molecular flexibility index (Phi) is 4.37.